The molecule has 1 aromatic carbocycles. The Morgan fingerprint density at radius 3 is 2.87 bits per heavy atom. The van der Waals surface area contributed by atoms with E-state index in [9.17, 15) is 4.39 Å². The molecule has 6 heteroatoms. The molecule has 0 saturated heterocycles. The third-order valence-electron chi connectivity index (χ3n) is 1.81. The molecule has 1 aromatic heterocycles. The zero-order valence-electron chi connectivity index (χ0n) is 7.38. The monoisotopic (exact) mass is 354 g/mol. The number of benzene rings is 1. The summed E-state index contributed by atoms with van der Waals surface area (Å²) >= 11 is 9.34. The summed E-state index contributed by atoms with van der Waals surface area (Å²) in [7, 11) is 0. The Labute approximate surface area is 109 Å². The summed E-state index contributed by atoms with van der Waals surface area (Å²) in [6.45, 7) is 0. The van der Waals surface area contributed by atoms with Gasteiger partial charge in [0.25, 0.3) is 0 Å². The van der Waals surface area contributed by atoms with Gasteiger partial charge in [0.1, 0.15) is 11.6 Å². The van der Waals surface area contributed by atoms with Crippen LogP contribution in [0.1, 0.15) is 11.4 Å². The van der Waals surface area contributed by atoms with Gasteiger partial charge in [-0.1, -0.05) is 17.7 Å². The minimum atomic E-state index is -0.329. The lowest BCUT2D eigenvalue weighted by molar-refractivity contribution is 0.627. The molecule has 0 unspecified atom stereocenters. The van der Waals surface area contributed by atoms with Gasteiger partial charge in [-0.25, -0.2) is 9.37 Å². The molecule has 0 N–H and O–H groups in total. The van der Waals surface area contributed by atoms with Crippen molar-refractivity contribution in [3.8, 4) is 0 Å². The Morgan fingerprint density at radius 1 is 1.47 bits per heavy atom. The molecule has 0 aliphatic carbocycles. The third-order valence-corrected chi connectivity index (χ3v) is 3.53. The van der Waals surface area contributed by atoms with Gasteiger partial charge >= 0.3 is 0 Å². The molecule has 1 heterocycles. The number of hydrogen-bond acceptors (Lipinski definition) is 3. The second-order valence-corrected chi connectivity index (χ2v) is 5.79. The van der Waals surface area contributed by atoms with Crippen molar-refractivity contribution in [3.05, 3.63) is 43.4 Å². The highest BCUT2D eigenvalue weighted by atomic mass is 127. The standard InChI is InChI=1S/C9H5ClFIN2S/c10-7-4-6(11)2-1-5(7)3-8-13-9(12)15-14-8/h1-2,4H,3H2. The maximum absolute atomic E-state index is 12.8. The average Bonchev–Trinajstić information content (AvgIpc) is 2.56. The lowest BCUT2D eigenvalue weighted by Crippen LogP contribution is -1.92. The summed E-state index contributed by atoms with van der Waals surface area (Å²) < 4.78 is 17.8. The first-order chi connectivity index (χ1) is 7.15. The Bertz CT molecular complexity index is 489. The van der Waals surface area contributed by atoms with E-state index >= 15 is 0 Å². The summed E-state index contributed by atoms with van der Waals surface area (Å²) in [5, 5.41) is 0.416. The number of rotatable bonds is 2. The molecule has 2 aromatic rings. The van der Waals surface area contributed by atoms with Crippen molar-refractivity contribution < 1.29 is 4.39 Å². The molecule has 0 spiro atoms. The molecule has 2 nitrogen and oxygen atoms in total. The van der Waals surface area contributed by atoms with Gasteiger partial charge in [0.05, 0.1) is 0 Å². The summed E-state index contributed by atoms with van der Waals surface area (Å²) in [6, 6.07) is 4.35. The van der Waals surface area contributed by atoms with Crippen molar-refractivity contribution in [2.75, 3.05) is 0 Å². The van der Waals surface area contributed by atoms with Gasteiger partial charge in [-0.2, -0.15) is 4.37 Å². The zero-order valence-corrected chi connectivity index (χ0v) is 11.1. The second kappa shape index (κ2) is 4.71. The summed E-state index contributed by atoms with van der Waals surface area (Å²) in [5.74, 6) is 0.391. The highest BCUT2D eigenvalue weighted by Gasteiger charge is 2.07. The van der Waals surface area contributed by atoms with Crippen LogP contribution in [0.25, 0.3) is 0 Å². The Morgan fingerprint density at radius 2 is 2.27 bits per heavy atom. The van der Waals surface area contributed by atoms with Crippen molar-refractivity contribution in [3.63, 3.8) is 0 Å². The number of aromatic nitrogens is 2. The molecule has 0 bridgehead atoms. The lowest BCUT2D eigenvalue weighted by Gasteiger charge is -2.00. The summed E-state index contributed by atoms with van der Waals surface area (Å²) in [4.78, 5) is 4.21. The van der Waals surface area contributed by atoms with Crippen LogP contribution < -0.4 is 0 Å². The fraction of sp³-hybridized carbons (Fsp3) is 0.111. The fourth-order valence-corrected chi connectivity index (χ4v) is 2.38. The van der Waals surface area contributed by atoms with Gasteiger partial charge < -0.3 is 0 Å². The lowest BCUT2D eigenvalue weighted by atomic mass is 10.1. The third kappa shape index (κ3) is 2.85. The van der Waals surface area contributed by atoms with Crippen LogP contribution in [-0.4, -0.2) is 9.36 Å². The van der Waals surface area contributed by atoms with Crippen molar-refractivity contribution in [2.45, 2.75) is 6.42 Å². The van der Waals surface area contributed by atoms with Gasteiger partial charge in [-0.05, 0) is 51.8 Å². The summed E-state index contributed by atoms with van der Waals surface area (Å²) in [5.41, 5.74) is 0.840. The maximum atomic E-state index is 12.8. The predicted octanol–water partition coefficient (Wildman–Crippen LogP) is 3.53. The van der Waals surface area contributed by atoms with Crippen LogP contribution in [0.15, 0.2) is 18.2 Å². The number of halogens is 3. The van der Waals surface area contributed by atoms with E-state index in [0.29, 0.717) is 11.4 Å². The predicted molar refractivity (Wildman–Crippen MR) is 66.8 cm³/mol. The zero-order chi connectivity index (χ0) is 10.8. The van der Waals surface area contributed by atoms with E-state index in [1.54, 1.807) is 6.07 Å². The van der Waals surface area contributed by atoms with E-state index < -0.39 is 0 Å². The quantitative estimate of drug-likeness (QED) is 0.771. The molecule has 0 amide bonds. The van der Waals surface area contributed by atoms with Crippen LogP contribution in [0.2, 0.25) is 5.02 Å². The van der Waals surface area contributed by atoms with E-state index in [-0.39, 0.29) is 5.82 Å². The molecular weight excluding hydrogens is 350 g/mol. The first-order valence-corrected chi connectivity index (χ1v) is 6.30. The highest BCUT2D eigenvalue weighted by Crippen LogP contribution is 2.20. The van der Waals surface area contributed by atoms with Gasteiger partial charge in [-0.15, -0.1) is 0 Å². The van der Waals surface area contributed by atoms with Crippen LogP contribution in [0.4, 0.5) is 4.39 Å². The topological polar surface area (TPSA) is 25.8 Å². The molecule has 0 saturated carbocycles. The molecule has 0 radical (unpaired) electrons. The van der Waals surface area contributed by atoms with E-state index in [2.05, 4.69) is 31.9 Å². The molecular formula is C9H5ClFIN2S. The average molecular weight is 355 g/mol. The maximum Gasteiger partial charge on any atom is 0.173 e. The van der Waals surface area contributed by atoms with E-state index in [1.165, 1.54) is 23.7 Å². The van der Waals surface area contributed by atoms with Crippen LogP contribution >= 0.6 is 45.7 Å². The Balaban J connectivity index is 2.24. The Hall–Kier alpha value is -0.270. The second-order valence-electron chi connectivity index (χ2n) is 2.88. The van der Waals surface area contributed by atoms with Gasteiger partial charge in [-0.3, -0.25) is 0 Å². The largest absolute Gasteiger partial charge is 0.213 e. The van der Waals surface area contributed by atoms with Crippen molar-refractivity contribution in [1.82, 2.24) is 9.36 Å². The smallest absolute Gasteiger partial charge is 0.173 e. The minimum absolute atomic E-state index is 0.329. The Kier molecular flexibility index (Phi) is 3.53. The molecule has 0 fully saturated rings. The number of hydrogen-bond donors (Lipinski definition) is 0. The molecule has 0 aliphatic rings. The first kappa shape index (κ1) is 11.2. The van der Waals surface area contributed by atoms with Gasteiger partial charge in [0, 0.05) is 11.4 Å². The van der Waals surface area contributed by atoms with Crippen LogP contribution in [0.5, 0.6) is 0 Å². The van der Waals surface area contributed by atoms with Crippen molar-refractivity contribution >= 4 is 45.7 Å². The van der Waals surface area contributed by atoms with Crippen LogP contribution in [-0.2, 0) is 6.42 Å². The summed E-state index contributed by atoms with van der Waals surface area (Å²) in [6.07, 6.45) is 0.540. The first-order valence-electron chi connectivity index (χ1n) is 4.07. The van der Waals surface area contributed by atoms with Crippen LogP contribution in [0.3, 0.4) is 0 Å². The van der Waals surface area contributed by atoms with E-state index in [0.717, 1.165) is 14.4 Å². The SMILES string of the molecule is Fc1ccc(Cc2nsc(I)n2)c(Cl)c1. The van der Waals surface area contributed by atoms with Gasteiger partial charge in [0.2, 0.25) is 0 Å². The van der Waals surface area contributed by atoms with E-state index in [4.69, 9.17) is 11.6 Å². The van der Waals surface area contributed by atoms with Crippen molar-refractivity contribution in [2.24, 2.45) is 0 Å². The molecule has 78 valence electrons. The molecule has 0 aliphatic heterocycles. The van der Waals surface area contributed by atoms with Gasteiger partial charge in [0.15, 0.2) is 3.01 Å². The normalized spacial score (nSPS) is 10.6. The highest BCUT2D eigenvalue weighted by molar-refractivity contribution is 14.1. The van der Waals surface area contributed by atoms with Crippen molar-refractivity contribution in [1.29, 1.82) is 0 Å². The van der Waals surface area contributed by atoms with Crippen LogP contribution in [0, 0.1) is 8.83 Å². The molecule has 2 rings (SSSR count). The minimum Gasteiger partial charge on any atom is -0.213 e. The van der Waals surface area contributed by atoms with E-state index in [1.807, 2.05) is 0 Å². The molecule has 0 atom stereocenters. The number of nitrogens with zero attached hydrogens (tertiary/aromatic N) is 2. The fourth-order valence-electron chi connectivity index (χ4n) is 1.14. The molecule has 15 heavy (non-hydrogen) atoms.